The number of H-pyrrole nitrogens is 1. The first-order valence-corrected chi connectivity index (χ1v) is 9.70. The van der Waals surface area contributed by atoms with Crippen LogP contribution in [0.4, 0.5) is 0 Å². The number of nitrogens with one attached hydrogen (secondary N) is 2. The van der Waals surface area contributed by atoms with E-state index in [1.54, 1.807) is 35.9 Å². The molecule has 0 fully saturated rings. The summed E-state index contributed by atoms with van der Waals surface area (Å²) in [4.78, 5) is 38.9. The molecular weight excluding hydrogens is 370 g/mol. The first-order valence-electron chi connectivity index (χ1n) is 9.70. The number of imidazole rings is 1. The van der Waals surface area contributed by atoms with Crippen molar-refractivity contribution < 1.29 is 14.3 Å². The molecule has 3 rings (SSSR count). The van der Waals surface area contributed by atoms with Gasteiger partial charge in [-0.15, -0.1) is 0 Å². The molecule has 1 heterocycles. The van der Waals surface area contributed by atoms with Gasteiger partial charge in [-0.2, -0.15) is 0 Å². The van der Waals surface area contributed by atoms with Gasteiger partial charge in [-0.05, 0) is 49.2 Å². The van der Waals surface area contributed by atoms with Crippen LogP contribution in [0.2, 0.25) is 0 Å². The number of amides is 1. The van der Waals surface area contributed by atoms with E-state index in [0.29, 0.717) is 50.1 Å². The summed E-state index contributed by atoms with van der Waals surface area (Å²) in [5.74, 6) is 0.633. The van der Waals surface area contributed by atoms with Crippen molar-refractivity contribution >= 4 is 22.7 Å². The van der Waals surface area contributed by atoms with Gasteiger partial charge >= 0.3 is 5.69 Å². The van der Waals surface area contributed by atoms with Crippen LogP contribution in [0.25, 0.3) is 11.0 Å². The van der Waals surface area contributed by atoms with Crippen molar-refractivity contribution in [2.75, 3.05) is 13.7 Å². The van der Waals surface area contributed by atoms with Crippen molar-refractivity contribution in [2.45, 2.75) is 32.2 Å². The molecule has 0 aliphatic rings. The quantitative estimate of drug-likeness (QED) is 0.408. The molecule has 7 nitrogen and oxygen atoms in total. The number of carbonyl (C=O) groups is 2. The van der Waals surface area contributed by atoms with Crippen LogP contribution in [0.5, 0.6) is 5.75 Å². The Hall–Kier alpha value is -3.35. The van der Waals surface area contributed by atoms with Gasteiger partial charge in [-0.1, -0.05) is 12.1 Å². The Bertz CT molecular complexity index is 1030. The summed E-state index contributed by atoms with van der Waals surface area (Å²) in [6.45, 7) is 1.01. The number of ether oxygens (including phenoxy) is 1. The number of rotatable bonds is 10. The zero-order chi connectivity index (χ0) is 20.6. The van der Waals surface area contributed by atoms with Crippen LogP contribution in [-0.4, -0.2) is 34.9 Å². The van der Waals surface area contributed by atoms with Crippen LogP contribution >= 0.6 is 0 Å². The van der Waals surface area contributed by atoms with E-state index in [2.05, 4.69) is 10.3 Å². The van der Waals surface area contributed by atoms with Gasteiger partial charge in [0, 0.05) is 31.5 Å². The van der Waals surface area contributed by atoms with Crippen LogP contribution in [0.1, 0.15) is 36.0 Å². The number of fused-ring (bicyclic) bond motifs is 1. The van der Waals surface area contributed by atoms with E-state index < -0.39 is 0 Å². The summed E-state index contributed by atoms with van der Waals surface area (Å²) < 4.78 is 6.75. The first-order chi connectivity index (χ1) is 14.1. The highest BCUT2D eigenvalue weighted by Crippen LogP contribution is 2.14. The molecule has 0 bridgehead atoms. The Morgan fingerprint density at radius 1 is 1.03 bits per heavy atom. The number of aromatic nitrogens is 2. The van der Waals surface area contributed by atoms with Crippen LogP contribution < -0.4 is 15.7 Å². The average molecular weight is 395 g/mol. The third-order valence-corrected chi connectivity index (χ3v) is 4.78. The van der Waals surface area contributed by atoms with Gasteiger partial charge < -0.3 is 15.0 Å². The SMILES string of the molecule is COc1ccc(C(=O)CCCC(=O)NCCCn2c(=O)[nH]c3ccccc32)cc1. The van der Waals surface area contributed by atoms with E-state index in [-0.39, 0.29) is 17.4 Å². The average Bonchev–Trinajstić information content (AvgIpc) is 3.06. The smallest absolute Gasteiger partial charge is 0.326 e. The monoisotopic (exact) mass is 395 g/mol. The van der Waals surface area contributed by atoms with Crippen LogP contribution in [0.3, 0.4) is 0 Å². The summed E-state index contributed by atoms with van der Waals surface area (Å²) in [6.07, 6.45) is 1.77. The standard InChI is InChI=1S/C22H25N3O4/c1-29-17-12-10-16(11-13-17)20(26)8-4-9-21(27)23-14-5-15-25-19-7-3-2-6-18(19)24-22(25)28/h2-3,6-7,10-13H,4-5,8-9,14-15H2,1H3,(H,23,27)(H,24,28). The van der Waals surface area contributed by atoms with Crippen LogP contribution in [0.15, 0.2) is 53.3 Å². The molecule has 2 N–H and O–H groups in total. The predicted octanol–water partition coefficient (Wildman–Crippen LogP) is 2.90. The molecule has 0 saturated carbocycles. The van der Waals surface area contributed by atoms with Crippen molar-refractivity contribution in [3.63, 3.8) is 0 Å². The van der Waals surface area contributed by atoms with E-state index >= 15 is 0 Å². The number of benzene rings is 2. The van der Waals surface area contributed by atoms with Gasteiger partial charge in [-0.3, -0.25) is 14.2 Å². The second-order valence-corrected chi connectivity index (χ2v) is 6.81. The number of carbonyl (C=O) groups excluding carboxylic acids is 2. The van der Waals surface area contributed by atoms with E-state index in [0.717, 1.165) is 11.0 Å². The topological polar surface area (TPSA) is 93.2 Å². The lowest BCUT2D eigenvalue weighted by Gasteiger charge is -2.07. The number of nitrogens with zero attached hydrogens (tertiary/aromatic N) is 1. The first kappa shape index (κ1) is 20.4. The van der Waals surface area contributed by atoms with Crippen molar-refractivity contribution in [3.05, 3.63) is 64.6 Å². The van der Waals surface area contributed by atoms with Gasteiger partial charge in [0.05, 0.1) is 18.1 Å². The fourth-order valence-electron chi connectivity index (χ4n) is 3.21. The molecule has 2 aromatic carbocycles. The number of aryl methyl sites for hydroxylation is 1. The van der Waals surface area contributed by atoms with E-state index in [9.17, 15) is 14.4 Å². The number of hydrogen-bond acceptors (Lipinski definition) is 4. The van der Waals surface area contributed by atoms with E-state index in [1.807, 2.05) is 24.3 Å². The van der Waals surface area contributed by atoms with Crippen molar-refractivity contribution in [1.29, 1.82) is 0 Å². The van der Waals surface area contributed by atoms with Crippen LogP contribution in [-0.2, 0) is 11.3 Å². The van der Waals surface area contributed by atoms with Crippen molar-refractivity contribution in [1.82, 2.24) is 14.9 Å². The molecule has 0 aliphatic carbocycles. The molecule has 3 aromatic rings. The third kappa shape index (κ3) is 5.34. The normalized spacial score (nSPS) is 10.8. The van der Waals surface area contributed by atoms with Crippen LogP contribution in [0, 0.1) is 0 Å². The number of hydrogen-bond donors (Lipinski definition) is 2. The lowest BCUT2D eigenvalue weighted by atomic mass is 10.1. The number of methoxy groups -OCH3 is 1. The lowest BCUT2D eigenvalue weighted by Crippen LogP contribution is -2.26. The molecule has 0 spiro atoms. The molecule has 152 valence electrons. The summed E-state index contributed by atoms with van der Waals surface area (Å²) in [5.41, 5.74) is 2.15. The number of ketones is 1. The molecule has 0 aliphatic heterocycles. The molecule has 0 atom stereocenters. The lowest BCUT2D eigenvalue weighted by molar-refractivity contribution is -0.121. The fourth-order valence-corrected chi connectivity index (χ4v) is 3.21. The van der Waals surface area contributed by atoms with Gasteiger partial charge in [0.25, 0.3) is 0 Å². The summed E-state index contributed by atoms with van der Waals surface area (Å²) in [5, 5.41) is 2.85. The zero-order valence-electron chi connectivity index (χ0n) is 16.4. The highest BCUT2D eigenvalue weighted by atomic mass is 16.5. The maximum atomic E-state index is 12.1. The Morgan fingerprint density at radius 3 is 2.55 bits per heavy atom. The Morgan fingerprint density at radius 2 is 1.79 bits per heavy atom. The molecule has 1 aromatic heterocycles. The van der Waals surface area contributed by atoms with Gasteiger partial charge in [0.2, 0.25) is 5.91 Å². The zero-order valence-corrected chi connectivity index (χ0v) is 16.4. The maximum Gasteiger partial charge on any atom is 0.326 e. The molecule has 1 amide bonds. The van der Waals surface area contributed by atoms with E-state index in [1.165, 1.54) is 0 Å². The van der Waals surface area contributed by atoms with Gasteiger partial charge in [0.15, 0.2) is 5.78 Å². The fraction of sp³-hybridized carbons (Fsp3) is 0.318. The minimum atomic E-state index is -0.144. The minimum absolute atomic E-state index is 0.0131. The van der Waals surface area contributed by atoms with Crippen molar-refractivity contribution in [3.8, 4) is 5.75 Å². The Kier molecular flexibility index (Phi) is 6.84. The Labute approximate surface area is 168 Å². The van der Waals surface area contributed by atoms with Gasteiger partial charge in [0.1, 0.15) is 5.75 Å². The largest absolute Gasteiger partial charge is 0.497 e. The number of aromatic amines is 1. The number of Topliss-reactive ketones (excluding diaryl/α,β-unsaturated/α-hetero) is 1. The summed E-state index contributed by atoms with van der Waals surface area (Å²) >= 11 is 0. The summed E-state index contributed by atoms with van der Waals surface area (Å²) in [7, 11) is 1.58. The second-order valence-electron chi connectivity index (χ2n) is 6.81. The highest BCUT2D eigenvalue weighted by molar-refractivity contribution is 5.96. The second kappa shape index (κ2) is 9.73. The van der Waals surface area contributed by atoms with Crippen molar-refractivity contribution in [2.24, 2.45) is 0 Å². The highest BCUT2D eigenvalue weighted by Gasteiger charge is 2.09. The molecule has 7 heteroatoms. The van der Waals surface area contributed by atoms with Gasteiger partial charge in [-0.25, -0.2) is 4.79 Å². The molecule has 0 unspecified atom stereocenters. The predicted molar refractivity (Wildman–Crippen MR) is 111 cm³/mol. The van der Waals surface area contributed by atoms with E-state index in [4.69, 9.17) is 4.74 Å². The molecule has 0 saturated heterocycles. The molecular formula is C22H25N3O4. The minimum Gasteiger partial charge on any atom is -0.497 e. The summed E-state index contributed by atoms with van der Waals surface area (Å²) in [6, 6.07) is 14.5. The maximum absolute atomic E-state index is 12.1. The molecule has 29 heavy (non-hydrogen) atoms. The molecule has 0 radical (unpaired) electrons. The Balaban J connectivity index is 1.36. The number of para-hydroxylation sites is 2. The third-order valence-electron chi connectivity index (χ3n) is 4.78.